The predicted octanol–water partition coefficient (Wildman–Crippen LogP) is -0.362. The Kier molecular flexibility index (Phi) is 89.4. The van der Waals surface area contributed by atoms with Gasteiger partial charge in [0.1, 0.15) is 0 Å². The minimum Gasteiger partial charge on any atom is -0.432 e. The third kappa shape index (κ3) is 25.9. The molecule has 0 aliphatic carbocycles. The van der Waals surface area contributed by atoms with E-state index in [9.17, 15) is 0 Å². The summed E-state index contributed by atoms with van der Waals surface area (Å²) in [7, 11) is 0.0833. The Morgan fingerprint density at radius 2 is 1.17 bits per heavy atom. The number of hydrogen-bond acceptors (Lipinski definition) is 1. The Balaban J connectivity index is -0.00000000667. The summed E-state index contributed by atoms with van der Waals surface area (Å²) >= 11 is 0. The van der Waals surface area contributed by atoms with E-state index >= 15 is 0 Å². The van der Waals surface area contributed by atoms with Gasteiger partial charge in [-0.3, -0.25) is 0 Å². The fraction of sp³-hybridized carbons (Fsp3) is 1.00. The summed E-state index contributed by atoms with van der Waals surface area (Å²) in [5.74, 6) is 0. The second-order valence-corrected chi connectivity index (χ2v) is 0.671. The molecule has 0 aliphatic heterocycles. The van der Waals surface area contributed by atoms with E-state index in [1.165, 1.54) is 0 Å². The average molecular weight is 327 g/mol. The molecule has 0 aromatic carbocycles. The molecule has 5 radical (unpaired) electrons. The minimum atomic E-state index is 0. The molecule has 0 bridgehead atoms. The maximum absolute atomic E-state index is 7.60. The summed E-state index contributed by atoms with van der Waals surface area (Å²) in [6.07, 6.45) is 0. The number of rotatable bonds is 0. The molecule has 1 N–H and O–H groups in total. The SMILES string of the molecule is C[Si]O.[Y].[Y].[Y]. The van der Waals surface area contributed by atoms with Gasteiger partial charge in [0.25, 0.3) is 0 Å². The maximum atomic E-state index is 7.60. The summed E-state index contributed by atoms with van der Waals surface area (Å²) in [5.41, 5.74) is 0. The van der Waals surface area contributed by atoms with Crippen LogP contribution < -0.4 is 0 Å². The number of hydrogen-bond donors (Lipinski definition) is 1. The molecule has 0 heterocycles. The molecule has 6 heavy (non-hydrogen) atoms. The first-order chi connectivity index (χ1) is 1.41. The zero-order chi connectivity index (χ0) is 2.71. The van der Waals surface area contributed by atoms with Crippen LogP contribution in [0.15, 0.2) is 0 Å². The smallest absolute Gasteiger partial charge is 0.220 e. The zero-order valence-corrected chi connectivity index (χ0v) is 13.2. The van der Waals surface area contributed by atoms with E-state index in [4.69, 9.17) is 4.80 Å². The van der Waals surface area contributed by atoms with Gasteiger partial charge in [0.2, 0.25) is 9.76 Å². The molecule has 0 saturated carbocycles. The Bertz CT molecular complexity index is 10.8. The van der Waals surface area contributed by atoms with Crippen molar-refractivity contribution in [3.05, 3.63) is 0 Å². The van der Waals surface area contributed by atoms with Crippen molar-refractivity contribution in [3.8, 4) is 0 Å². The molecule has 0 spiro atoms. The van der Waals surface area contributed by atoms with E-state index in [-0.39, 0.29) is 108 Å². The molecule has 5 heteroatoms. The van der Waals surface area contributed by atoms with Gasteiger partial charge in [0.05, 0.1) is 0 Å². The summed E-state index contributed by atoms with van der Waals surface area (Å²) in [4.78, 5) is 7.60. The van der Waals surface area contributed by atoms with Gasteiger partial charge in [-0.05, 0) is 6.55 Å². The molecule has 0 saturated heterocycles. The van der Waals surface area contributed by atoms with Gasteiger partial charge in [0, 0.05) is 98.1 Å². The van der Waals surface area contributed by atoms with Crippen LogP contribution in [0, 0.1) is 0 Å². The van der Waals surface area contributed by atoms with E-state index in [1.807, 2.05) is 0 Å². The van der Waals surface area contributed by atoms with Gasteiger partial charge in [0.15, 0.2) is 0 Å². The first-order valence-corrected chi connectivity index (χ1v) is 2.17. The van der Waals surface area contributed by atoms with E-state index < -0.39 is 0 Å². The molecule has 0 aliphatic rings. The molecule has 0 amide bonds. The fourth-order valence-electron chi connectivity index (χ4n) is 0. The summed E-state index contributed by atoms with van der Waals surface area (Å²) in [5, 5.41) is 0. The summed E-state index contributed by atoms with van der Waals surface area (Å²) in [6.45, 7) is 1.71. The maximum Gasteiger partial charge on any atom is 0.220 e. The Hall–Kier alpha value is 3.49. The van der Waals surface area contributed by atoms with Crippen LogP contribution in [0.5, 0.6) is 0 Å². The van der Waals surface area contributed by atoms with Crippen molar-refractivity contribution in [3.63, 3.8) is 0 Å². The minimum absolute atomic E-state index is 0. The fourth-order valence-corrected chi connectivity index (χ4v) is 0. The van der Waals surface area contributed by atoms with Gasteiger partial charge in [-0.25, -0.2) is 0 Å². The van der Waals surface area contributed by atoms with Gasteiger partial charge in [-0.1, -0.05) is 0 Å². The molecule has 0 rings (SSSR count). The molecule has 0 atom stereocenters. The first-order valence-electron chi connectivity index (χ1n) is 0.724. The Morgan fingerprint density at radius 1 is 1.17 bits per heavy atom. The van der Waals surface area contributed by atoms with Gasteiger partial charge < -0.3 is 4.80 Å². The van der Waals surface area contributed by atoms with Crippen LogP contribution in [0.3, 0.4) is 0 Å². The van der Waals surface area contributed by atoms with Gasteiger partial charge in [-0.15, -0.1) is 0 Å². The molecule has 0 aromatic rings. The van der Waals surface area contributed by atoms with Crippen LogP contribution in [0.2, 0.25) is 6.55 Å². The van der Waals surface area contributed by atoms with Gasteiger partial charge >= 0.3 is 0 Å². The van der Waals surface area contributed by atoms with E-state index in [1.54, 1.807) is 6.55 Å². The van der Waals surface area contributed by atoms with E-state index in [2.05, 4.69) is 0 Å². The van der Waals surface area contributed by atoms with Crippen molar-refractivity contribution in [2.24, 2.45) is 0 Å². The van der Waals surface area contributed by atoms with Crippen LogP contribution in [-0.2, 0) is 98.1 Å². The summed E-state index contributed by atoms with van der Waals surface area (Å²) in [6, 6.07) is 0. The predicted molar refractivity (Wildman–Crippen MR) is 13.8 cm³/mol. The zero-order valence-electron chi connectivity index (χ0n) is 3.68. The largest absolute Gasteiger partial charge is 0.432 e. The molecule has 0 aromatic heterocycles. The van der Waals surface area contributed by atoms with Crippen LogP contribution in [-0.4, -0.2) is 14.6 Å². The molecule has 1 nitrogen and oxygen atoms in total. The van der Waals surface area contributed by atoms with Gasteiger partial charge in [-0.2, -0.15) is 0 Å². The second kappa shape index (κ2) is 23.6. The average Bonchev–Trinajstić information content (AvgIpc) is 0.918. The standard InChI is InChI=1S/CH4OSi.3Y/c1-3-2;;;/h2H,1H3;;;. The van der Waals surface area contributed by atoms with Crippen molar-refractivity contribution in [2.75, 3.05) is 0 Å². The van der Waals surface area contributed by atoms with Crippen molar-refractivity contribution in [1.29, 1.82) is 0 Å². The second-order valence-electron chi connectivity index (χ2n) is 0.224. The third-order valence-electron chi connectivity index (χ3n) is 0. The monoisotopic (exact) mass is 327 g/mol. The van der Waals surface area contributed by atoms with Crippen molar-refractivity contribution >= 4 is 9.76 Å². The van der Waals surface area contributed by atoms with E-state index in [0.29, 0.717) is 0 Å². The Labute approximate surface area is 116 Å². The van der Waals surface area contributed by atoms with Crippen molar-refractivity contribution < 1.29 is 103 Å². The normalized spacial score (nSPS) is 3.00. The van der Waals surface area contributed by atoms with Crippen LogP contribution >= 0.6 is 0 Å². The molecule has 0 unspecified atom stereocenters. The van der Waals surface area contributed by atoms with Crippen LogP contribution in [0.4, 0.5) is 0 Å². The molecular weight excluding hydrogens is 323 g/mol. The first kappa shape index (κ1) is 22.7. The van der Waals surface area contributed by atoms with Crippen LogP contribution in [0.25, 0.3) is 0 Å². The van der Waals surface area contributed by atoms with Crippen molar-refractivity contribution in [2.45, 2.75) is 6.55 Å². The van der Waals surface area contributed by atoms with E-state index in [0.717, 1.165) is 0 Å². The third-order valence-corrected chi connectivity index (χ3v) is 0. The quantitative estimate of drug-likeness (QED) is 0.603. The molecule has 27 valence electrons. The topological polar surface area (TPSA) is 20.2 Å². The van der Waals surface area contributed by atoms with Crippen LogP contribution in [0.1, 0.15) is 0 Å². The Morgan fingerprint density at radius 3 is 1.17 bits per heavy atom. The molecule has 0 fully saturated rings. The summed E-state index contributed by atoms with van der Waals surface area (Å²) < 4.78 is 0. The van der Waals surface area contributed by atoms with Crippen molar-refractivity contribution in [1.82, 2.24) is 0 Å². The molecular formula is CH4OSiY3.